The van der Waals surface area contributed by atoms with Gasteiger partial charge in [-0.05, 0) is 30.0 Å². The summed E-state index contributed by atoms with van der Waals surface area (Å²) >= 11 is 1.45. The molecule has 0 fully saturated rings. The average Bonchev–Trinajstić information content (AvgIpc) is 3.20. The van der Waals surface area contributed by atoms with Crippen molar-refractivity contribution in [2.45, 2.75) is 6.42 Å². The minimum atomic E-state index is -0.0143. The maximum atomic E-state index is 11.8. The van der Waals surface area contributed by atoms with E-state index >= 15 is 0 Å². The van der Waals surface area contributed by atoms with E-state index in [0.717, 1.165) is 36.1 Å². The first-order valence-corrected chi connectivity index (χ1v) is 9.50. The molecule has 2 rings (SSSR count). The molecule has 8 heteroatoms. The number of halogens is 1. The fraction of sp³-hybridized carbons (Fsp3) is 0.368. The Labute approximate surface area is 182 Å². The van der Waals surface area contributed by atoms with Crippen molar-refractivity contribution >= 4 is 47.2 Å². The van der Waals surface area contributed by atoms with E-state index in [1.54, 1.807) is 7.05 Å². The van der Waals surface area contributed by atoms with Crippen LogP contribution in [0.25, 0.3) is 0 Å². The number of amides is 1. The summed E-state index contributed by atoms with van der Waals surface area (Å²) < 4.78 is 5.71. The number of nitrogens with zero attached hydrogens (tertiary/aromatic N) is 2. The van der Waals surface area contributed by atoms with Crippen LogP contribution in [0.4, 0.5) is 0 Å². The number of thiophene rings is 1. The first kappa shape index (κ1) is 23.2. The zero-order valence-electron chi connectivity index (χ0n) is 15.7. The lowest BCUT2D eigenvalue weighted by atomic mass is 10.3. The zero-order valence-corrected chi connectivity index (χ0v) is 18.8. The highest BCUT2D eigenvalue weighted by atomic mass is 127. The number of benzene rings is 1. The number of aliphatic imine (C=N–C) groups is 1. The molecule has 1 heterocycles. The summed E-state index contributed by atoms with van der Waals surface area (Å²) in [6.07, 6.45) is 0.824. The number of nitrogens with one attached hydrogen (secondary N) is 2. The number of ether oxygens (including phenoxy) is 1. The van der Waals surface area contributed by atoms with Gasteiger partial charge in [0.05, 0.1) is 11.4 Å². The molecule has 27 heavy (non-hydrogen) atoms. The molecular weight excluding hydrogens is 475 g/mol. The molecule has 2 N–H and O–H groups in total. The van der Waals surface area contributed by atoms with Crippen molar-refractivity contribution in [1.82, 2.24) is 15.5 Å². The molecule has 6 nitrogen and oxygen atoms in total. The summed E-state index contributed by atoms with van der Waals surface area (Å²) in [5.41, 5.74) is 0. The van der Waals surface area contributed by atoms with Crippen molar-refractivity contribution < 1.29 is 9.53 Å². The molecule has 0 aliphatic rings. The first-order chi connectivity index (χ1) is 12.7. The molecular formula is C19H27IN4O2S. The van der Waals surface area contributed by atoms with E-state index in [0.29, 0.717) is 13.2 Å². The van der Waals surface area contributed by atoms with E-state index in [2.05, 4.69) is 15.6 Å². The van der Waals surface area contributed by atoms with Gasteiger partial charge in [0.1, 0.15) is 12.4 Å². The van der Waals surface area contributed by atoms with Crippen LogP contribution in [0, 0.1) is 0 Å². The number of para-hydroxylation sites is 1. The van der Waals surface area contributed by atoms with E-state index in [4.69, 9.17) is 4.74 Å². The molecule has 2 aromatic rings. The maximum Gasteiger partial charge on any atom is 0.261 e. The lowest BCUT2D eigenvalue weighted by Gasteiger charge is -2.22. The van der Waals surface area contributed by atoms with Gasteiger partial charge in [-0.2, -0.15) is 0 Å². The normalized spacial score (nSPS) is 10.7. The summed E-state index contributed by atoms with van der Waals surface area (Å²) in [7, 11) is 3.73. The third kappa shape index (κ3) is 8.61. The number of hydrogen-bond donors (Lipinski definition) is 2. The summed E-state index contributed by atoms with van der Waals surface area (Å²) in [6, 6.07) is 13.5. The van der Waals surface area contributed by atoms with Crippen molar-refractivity contribution in [3.63, 3.8) is 0 Å². The van der Waals surface area contributed by atoms with Gasteiger partial charge in [0.2, 0.25) is 0 Å². The summed E-state index contributed by atoms with van der Waals surface area (Å²) in [4.78, 5) is 18.9. The predicted molar refractivity (Wildman–Crippen MR) is 123 cm³/mol. The van der Waals surface area contributed by atoms with Crippen LogP contribution in [0.15, 0.2) is 52.8 Å². The number of guanidine groups is 1. The summed E-state index contributed by atoms with van der Waals surface area (Å²) in [6.45, 7) is 2.67. The molecule has 0 bridgehead atoms. The fourth-order valence-corrected chi connectivity index (χ4v) is 2.93. The van der Waals surface area contributed by atoms with Crippen molar-refractivity contribution in [3.05, 3.63) is 52.7 Å². The number of rotatable bonds is 9. The highest BCUT2D eigenvalue weighted by molar-refractivity contribution is 14.0. The molecule has 0 spiro atoms. The van der Waals surface area contributed by atoms with Gasteiger partial charge < -0.3 is 20.3 Å². The zero-order chi connectivity index (χ0) is 18.6. The van der Waals surface area contributed by atoms with Gasteiger partial charge in [0.15, 0.2) is 5.96 Å². The van der Waals surface area contributed by atoms with E-state index in [1.165, 1.54) is 11.3 Å². The van der Waals surface area contributed by atoms with Gasteiger partial charge in [-0.1, -0.05) is 24.3 Å². The van der Waals surface area contributed by atoms with Crippen LogP contribution in [-0.2, 0) is 0 Å². The Balaban J connectivity index is 0.00000364. The maximum absolute atomic E-state index is 11.8. The van der Waals surface area contributed by atoms with Gasteiger partial charge in [-0.15, -0.1) is 35.3 Å². The summed E-state index contributed by atoms with van der Waals surface area (Å²) in [5.74, 6) is 1.66. The monoisotopic (exact) mass is 502 g/mol. The predicted octanol–water partition coefficient (Wildman–Crippen LogP) is 3.07. The van der Waals surface area contributed by atoms with Gasteiger partial charge in [-0.3, -0.25) is 9.79 Å². The molecule has 1 aromatic carbocycles. The lowest BCUT2D eigenvalue weighted by Crippen LogP contribution is -2.41. The Morgan fingerprint density at radius 3 is 2.56 bits per heavy atom. The highest BCUT2D eigenvalue weighted by Gasteiger charge is 2.07. The van der Waals surface area contributed by atoms with Crippen molar-refractivity contribution in [2.75, 3.05) is 40.3 Å². The molecule has 0 atom stereocenters. The molecule has 0 saturated carbocycles. The molecule has 0 radical (unpaired) electrons. The standard InChI is InChI=1S/C19H26N4O2S.HI/c1-20-19(23(2)13-14-25-16-8-4-3-5-9-16)22-12-7-11-21-18(24)17-10-6-15-26-17;/h3-6,8-10,15H,7,11-14H2,1-2H3,(H,20,22)(H,21,24);1H. The SMILES string of the molecule is CN=C(NCCCNC(=O)c1cccs1)N(C)CCOc1ccccc1.I. The van der Waals surface area contributed by atoms with Crippen LogP contribution in [0.1, 0.15) is 16.1 Å². The smallest absolute Gasteiger partial charge is 0.261 e. The quantitative estimate of drug-likeness (QED) is 0.240. The fourth-order valence-electron chi connectivity index (χ4n) is 2.29. The Kier molecular flexibility index (Phi) is 11.5. The van der Waals surface area contributed by atoms with Gasteiger partial charge >= 0.3 is 0 Å². The Morgan fingerprint density at radius 2 is 1.89 bits per heavy atom. The second-order valence-electron chi connectivity index (χ2n) is 5.64. The topological polar surface area (TPSA) is 66.0 Å². The first-order valence-electron chi connectivity index (χ1n) is 8.62. The van der Waals surface area contributed by atoms with E-state index in [1.807, 2.05) is 59.8 Å². The third-order valence-electron chi connectivity index (χ3n) is 3.68. The molecule has 0 aliphatic carbocycles. The second kappa shape index (κ2) is 13.4. The molecule has 1 aromatic heterocycles. The largest absolute Gasteiger partial charge is 0.492 e. The number of carbonyl (C=O) groups is 1. The second-order valence-corrected chi connectivity index (χ2v) is 6.59. The molecule has 148 valence electrons. The van der Waals surface area contributed by atoms with Crippen LogP contribution in [-0.4, -0.2) is 57.1 Å². The third-order valence-corrected chi connectivity index (χ3v) is 4.55. The molecule has 0 saturated heterocycles. The van der Waals surface area contributed by atoms with Gasteiger partial charge in [-0.25, -0.2) is 0 Å². The Hall–Kier alpha value is -1.81. The Bertz CT molecular complexity index is 680. The Morgan fingerprint density at radius 1 is 1.15 bits per heavy atom. The van der Waals surface area contributed by atoms with Crippen molar-refractivity contribution in [2.24, 2.45) is 4.99 Å². The van der Waals surface area contributed by atoms with Crippen LogP contribution in [0.5, 0.6) is 5.75 Å². The number of hydrogen-bond acceptors (Lipinski definition) is 4. The summed E-state index contributed by atoms with van der Waals surface area (Å²) in [5, 5.41) is 8.12. The molecule has 0 unspecified atom stereocenters. The minimum Gasteiger partial charge on any atom is -0.492 e. The van der Waals surface area contributed by atoms with Crippen LogP contribution in [0.2, 0.25) is 0 Å². The van der Waals surface area contributed by atoms with Crippen LogP contribution < -0.4 is 15.4 Å². The average molecular weight is 502 g/mol. The number of carbonyl (C=O) groups excluding carboxylic acids is 1. The lowest BCUT2D eigenvalue weighted by molar-refractivity contribution is 0.0957. The van der Waals surface area contributed by atoms with Crippen molar-refractivity contribution in [1.29, 1.82) is 0 Å². The van der Waals surface area contributed by atoms with Gasteiger partial charge in [0.25, 0.3) is 5.91 Å². The van der Waals surface area contributed by atoms with Gasteiger partial charge in [0, 0.05) is 27.2 Å². The van der Waals surface area contributed by atoms with E-state index in [-0.39, 0.29) is 29.9 Å². The van der Waals surface area contributed by atoms with Crippen molar-refractivity contribution in [3.8, 4) is 5.75 Å². The number of likely N-dealkylation sites (N-methyl/N-ethyl adjacent to an activating group) is 1. The minimum absolute atomic E-state index is 0. The van der Waals surface area contributed by atoms with E-state index in [9.17, 15) is 4.79 Å². The molecule has 1 amide bonds. The van der Waals surface area contributed by atoms with E-state index < -0.39 is 0 Å². The highest BCUT2D eigenvalue weighted by Crippen LogP contribution is 2.08. The van der Waals surface area contributed by atoms with Crippen LogP contribution in [0.3, 0.4) is 0 Å². The molecule has 0 aliphatic heterocycles. The van der Waals surface area contributed by atoms with Crippen LogP contribution >= 0.6 is 35.3 Å².